The van der Waals surface area contributed by atoms with Gasteiger partial charge in [-0.1, -0.05) is 6.92 Å². The van der Waals surface area contributed by atoms with E-state index in [0.717, 1.165) is 39.3 Å². The third-order valence-corrected chi connectivity index (χ3v) is 5.10. The molecule has 132 valence electrons. The minimum absolute atomic E-state index is 0.0747. The monoisotopic (exact) mass is 324 g/mol. The number of hydrogen-bond acceptors (Lipinski definition) is 4. The van der Waals surface area contributed by atoms with E-state index in [1.54, 1.807) is 0 Å². The SMILES string of the molecule is CCNC(=O)CN1CCN(C(=O)CC(C)C2CCCNC2)CC1. The van der Waals surface area contributed by atoms with Gasteiger partial charge < -0.3 is 15.5 Å². The molecule has 2 fully saturated rings. The molecule has 2 aliphatic rings. The van der Waals surface area contributed by atoms with Crippen molar-refractivity contribution >= 4 is 11.8 Å². The number of piperidine rings is 1. The Bertz CT molecular complexity index is 388. The summed E-state index contributed by atoms with van der Waals surface area (Å²) in [5.41, 5.74) is 0. The van der Waals surface area contributed by atoms with E-state index in [9.17, 15) is 9.59 Å². The fourth-order valence-corrected chi connectivity index (χ4v) is 3.55. The highest BCUT2D eigenvalue weighted by Crippen LogP contribution is 2.23. The summed E-state index contributed by atoms with van der Waals surface area (Å²) < 4.78 is 0. The van der Waals surface area contributed by atoms with Crippen LogP contribution in [0.1, 0.15) is 33.1 Å². The molecule has 0 aliphatic carbocycles. The maximum absolute atomic E-state index is 12.5. The summed E-state index contributed by atoms with van der Waals surface area (Å²) in [5, 5.41) is 6.26. The Morgan fingerprint density at radius 1 is 1.26 bits per heavy atom. The Labute approximate surface area is 140 Å². The molecule has 23 heavy (non-hydrogen) atoms. The first-order valence-electron chi connectivity index (χ1n) is 9.07. The molecule has 2 rings (SSSR count). The Balaban J connectivity index is 1.69. The zero-order chi connectivity index (χ0) is 16.7. The predicted octanol–water partition coefficient (Wildman–Crippen LogP) is 0.293. The summed E-state index contributed by atoms with van der Waals surface area (Å²) in [5.74, 6) is 1.43. The van der Waals surface area contributed by atoms with Crippen molar-refractivity contribution in [1.82, 2.24) is 20.4 Å². The normalized spacial score (nSPS) is 24.3. The van der Waals surface area contributed by atoms with Gasteiger partial charge >= 0.3 is 0 Å². The third-order valence-electron chi connectivity index (χ3n) is 5.10. The third kappa shape index (κ3) is 5.77. The summed E-state index contributed by atoms with van der Waals surface area (Å²) in [4.78, 5) is 28.2. The highest BCUT2D eigenvalue weighted by atomic mass is 16.2. The van der Waals surface area contributed by atoms with E-state index in [1.165, 1.54) is 12.8 Å². The molecule has 2 amide bonds. The Morgan fingerprint density at radius 3 is 2.61 bits per heavy atom. The van der Waals surface area contributed by atoms with Crippen LogP contribution in [0.15, 0.2) is 0 Å². The number of rotatable bonds is 6. The minimum Gasteiger partial charge on any atom is -0.355 e. The van der Waals surface area contributed by atoms with Crippen molar-refractivity contribution in [2.75, 3.05) is 52.4 Å². The largest absolute Gasteiger partial charge is 0.355 e. The van der Waals surface area contributed by atoms with Crippen LogP contribution in [0, 0.1) is 11.8 Å². The minimum atomic E-state index is 0.0747. The molecule has 0 aromatic rings. The van der Waals surface area contributed by atoms with Crippen molar-refractivity contribution in [3.8, 4) is 0 Å². The lowest BCUT2D eigenvalue weighted by Gasteiger charge is -2.35. The molecule has 2 atom stereocenters. The van der Waals surface area contributed by atoms with Crippen LogP contribution in [-0.2, 0) is 9.59 Å². The van der Waals surface area contributed by atoms with Gasteiger partial charge in [0.25, 0.3) is 0 Å². The van der Waals surface area contributed by atoms with Crippen molar-refractivity contribution in [2.45, 2.75) is 33.1 Å². The Morgan fingerprint density at radius 2 is 2.00 bits per heavy atom. The molecule has 0 radical (unpaired) electrons. The maximum Gasteiger partial charge on any atom is 0.234 e. The molecule has 0 saturated carbocycles. The average molecular weight is 324 g/mol. The second-order valence-corrected chi connectivity index (χ2v) is 6.90. The van der Waals surface area contributed by atoms with Gasteiger partial charge in [0.2, 0.25) is 11.8 Å². The number of likely N-dealkylation sites (N-methyl/N-ethyl adjacent to an activating group) is 1. The molecule has 0 aromatic heterocycles. The smallest absolute Gasteiger partial charge is 0.234 e. The summed E-state index contributed by atoms with van der Waals surface area (Å²) >= 11 is 0. The highest BCUT2D eigenvalue weighted by molar-refractivity contribution is 5.78. The number of nitrogens with one attached hydrogen (secondary N) is 2. The first-order chi connectivity index (χ1) is 11.1. The van der Waals surface area contributed by atoms with Gasteiger partial charge in [0.05, 0.1) is 6.54 Å². The molecule has 2 saturated heterocycles. The molecule has 6 heteroatoms. The first-order valence-corrected chi connectivity index (χ1v) is 9.07. The van der Waals surface area contributed by atoms with Crippen LogP contribution in [0.4, 0.5) is 0 Å². The molecule has 2 heterocycles. The van der Waals surface area contributed by atoms with Crippen LogP contribution in [-0.4, -0.2) is 74.0 Å². The predicted molar refractivity (Wildman–Crippen MR) is 91.1 cm³/mol. The lowest BCUT2D eigenvalue weighted by atomic mass is 9.85. The number of carbonyl (C=O) groups is 2. The van der Waals surface area contributed by atoms with Crippen molar-refractivity contribution in [3.05, 3.63) is 0 Å². The van der Waals surface area contributed by atoms with Gasteiger partial charge in [-0.2, -0.15) is 0 Å². The Kier molecular flexibility index (Phi) is 7.30. The molecular weight excluding hydrogens is 292 g/mol. The van der Waals surface area contributed by atoms with Crippen LogP contribution in [0.3, 0.4) is 0 Å². The van der Waals surface area contributed by atoms with Crippen LogP contribution in [0.25, 0.3) is 0 Å². The standard InChI is InChI=1S/C17H32N4O2/c1-3-19-16(22)13-20-7-9-21(10-8-20)17(23)11-14(2)15-5-4-6-18-12-15/h14-15,18H,3-13H2,1-2H3,(H,19,22). The topological polar surface area (TPSA) is 64.7 Å². The summed E-state index contributed by atoms with van der Waals surface area (Å²) in [6, 6.07) is 0. The molecule has 0 spiro atoms. The van der Waals surface area contributed by atoms with Crippen molar-refractivity contribution in [3.63, 3.8) is 0 Å². The molecule has 2 N–H and O–H groups in total. The van der Waals surface area contributed by atoms with Gasteiger partial charge in [0, 0.05) is 39.1 Å². The van der Waals surface area contributed by atoms with Crippen molar-refractivity contribution in [2.24, 2.45) is 11.8 Å². The average Bonchev–Trinajstić information content (AvgIpc) is 2.56. The van der Waals surface area contributed by atoms with E-state index in [4.69, 9.17) is 0 Å². The fourth-order valence-electron chi connectivity index (χ4n) is 3.55. The first kappa shape index (κ1) is 18.2. The quantitative estimate of drug-likeness (QED) is 0.737. The summed E-state index contributed by atoms with van der Waals surface area (Å²) in [6.45, 7) is 10.5. The fraction of sp³-hybridized carbons (Fsp3) is 0.882. The van der Waals surface area contributed by atoms with Crippen LogP contribution in [0.5, 0.6) is 0 Å². The molecule has 6 nitrogen and oxygen atoms in total. The van der Waals surface area contributed by atoms with Crippen molar-refractivity contribution in [1.29, 1.82) is 0 Å². The summed E-state index contributed by atoms with van der Waals surface area (Å²) in [7, 11) is 0. The maximum atomic E-state index is 12.5. The van der Waals surface area contributed by atoms with Crippen LogP contribution >= 0.6 is 0 Å². The zero-order valence-corrected chi connectivity index (χ0v) is 14.6. The van der Waals surface area contributed by atoms with Gasteiger partial charge in [0.1, 0.15) is 0 Å². The van der Waals surface area contributed by atoms with Gasteiger partial charge in [0.15, 0.2) is 0 Å². The van der Waals surface area contributed by atoms with Gasteiger partial charge in [-0.05, 0) is 44.7 Å². The van der Waals surface area contributed by atoms with Crippen LogP contribution in [0.2, 0.25) is 0 Å². The molecule has 2 aliphatic heterocycles. The molecule has 0 bridgehead atoms. The Hall–Kier alpha value is -1.14. The number of piperazine rings is 1. The molecular formula is C17H32N4O2. The van der Waals surface area contributed by atoms with Gasteiger partial charge in [-0.25, -0.2) is 0 Å². The molecule has 0 aromatic carbocycles. The lowest BCUT2D eigenvalue weighted by Crippen LogP contribution is -2.51. The number of carbonyl (C=O) groups excluding carboxylic acids is 2. The van der Waals surface area contributed by atoms with E-state index < -0.39 is 0 Å². The number of hydrogen-bond donors (Lipinski definition) is 2. The second-order valence-electron chi connectivity index (χ2n) is 6.90. The lowest BCUT2D eigenvalue weighted by molar-refractivity contribution is -0.134. The van der Waals surface area contributed by atoms with Crippen LogP contribution < -0.4 is 10.6 Å². The van der Waals surface area contributed by atoms with E-state index in [1.807, 2.05) is 11.8 Å². The highest BCUT2D eigenvalue weighted by Gasteiger charge is 2.26. The zero-order valence-electron chi connectivity index (χ0n) is 14.6. The summed E-state index contributed by atoms with van der Waals surface area (Å²) in [6.07, 6.45) is 3.12. The van der Waals surface area contributed by atoms with E-state index in [0.29, 0.717) is 31.3 Å². The van der Waals surface area contributed by atoms with Crippen molar-refractivity contribution < 1.29 is 9.59 Å². The van der Waals surface area contributed by atoms with Gasteiger partial charge in [-0.15, -0.1) is 0 Å². The molecule has 2 unspecified atom stereocenters. The number of amides is 2. The van der Waals surface area contributed by atoms with E-state index >= 15 is 0 Å². The van der Waals surface area contributed by atoms with E-state index in [2.05, 4.69) is 22.5 Å². The van der Waals surface area contributed by atoms with Gasteiger partial charge in [-0.3, -0.25) is 14.5 Å². The number of nitrogens with zero attached hydrogens (tertiary/aromatic N) is 2. The van der Waals surface area contributed by atoms with E-state index in [-0.39, 0.29) is 11.8 Å². The second kappa shape index (κ2) is 9.23.